The summed E-state index contributed by atoms with van der Waals surface area (Å²) in [5, 5.41) is 4.61. The molecule has 9 heteroatoms. The number of hydrogen-bond acceptors (Lipinski definition) is 5. The highest BCUT2D eigenvalue weighted by atomic mass is 35.5. The van der Waals surface area contributed by atoms with Crippen LogP contribution in [0.2, 0.25) is 10.0 Å². The van der Waals surface area contributed by atoms with Gasteiger partial charge in [-0.05, 0) is 48.0 Å². The maximum Gasteiger partial charge on any atom is 0.277 e. The standard InChI is InChI=1S/C17H15Cl2N3O4/c18-12-3-6-15(14(19)7-12)26-10-17(24)22-21-8-11-1-4-13(5-2-11)25-9-16(20)23/h1-8H,9-10H2,(H2,20,23)(H,22,24). The zero-order valence-corrected chi connectivity index (χ0v) is 15.0. The van der Waals surface area contributed by atoms with Gasteiger partial charge in [-0.15, -0.1) is 0 Å². The van der Waals surface area contributed by atoms with Gasteiger partial charge in [0, 0.05) is 5.02 Å². The molecular formula is C17H15Cl2N3O4. The third-order valence-electron chi connectivity index (χ3n) is 2.92. The molecule has 0 fully saturated rings. The van der Waals surface area contributed by atoms with Gasteiger partial charge in [0.05, 0.1) is 11.2 Å². The van der Waals surface area contributed by atoms with E-state index in [9.17, 15) is 9.59 Å². The van der Waals surface area contributed by atoms with Gasteiger partial charge >= 0.3 is 0 Å². The lowest BCUT2D eigenvalue weighted by Gasteiger charge is -2.07. The highest BCUT2D eigenvalue weighted by Crippen LogP contribution is 2.27. The molecule has 7 nitrogen and oxygen atoms in total. The molecule has 0 aliphatic rings. The third kappa shape index (κ3) is 6.62. The highest BCUT2D eigenvalue weighted by molar-refractivity contribution is 6.35. The maximum absolute atomic E-state index is 11.7. The first kappa shape index (κ1) is 19.6. The maximum atomic E-state index is 11.7. The van der Waals surface area contributed by atoms with Gasteiger partial charge < -0.3 is 15.2 Å². The van der Waals surface area contributed by atoms with Crippen LogP contribution in [-0.4, -0.2) is 31.2 Å². The van der Waals surface area contributed by atoms with Crippen molar-refractivity contribution in [3.05, 3.63) is 58.1 Å². The monoisotopic (exact) mass is 395 g/mol. The van der Waals surface area contributed by atoms with Crippen LogP contribution in [0.15, 0.2) is 47.6 Å². The smallest absolute Gasteiger partial charge is 0.277 e. The molecule has 0 unspecified atom stereocenters. The molecule has 0 aliphatic carbocycles. The van der Waals surface area contributed by atoms with Gasteiger partial charge in [-0.3, -0.25) is 9.59 Å². The molecule has 2 aromatic rings. The summed E-state index contributed by atoms with van der Waals surface area (Å²) in [6.45, 7) is -0.445. The van der Waals surface area contributed by atoms with Crippen molar-refractivity contribution in [1.82, 2.24) is 5.43 Å². The molecular weight excluding hydrogens is 381 g/mol. The summed E-state index contributed by atoms with van der Waals surface area (Å²) in [4.78, 5) is 22.3. The van der Waals surface area contributed by atoms with Crippen molar-refractivity contribution >= 4 is 41.2 Å². The van der Waals surface area contributed by atoms with E-state index in [2.05, 4.69) is 10.5 Å². The summed E-state index contributed by atoms with van der Waals surface area (Å²) in [5.74, 6) is -0.158. The summed E-state index contributed by atoms with van der Waals surface area (Å²) in [5.41, 5.74) is 8.04. The lowest BCUT2D eigenvalue weighted by Crippen LogP contribution is -2.24. The van der Waals surface area contributed by atoms with E-state index in [1.54, 1.807) is 36.4 Å². The van der Waals surface area contributed by atoms with Crippen molar-refractivity contribution < 1.29 is 19.1 Å². The predicted octanol–water partition coefficient (Wildman–Crippen LogP) is 2.39. The molecule has 136 valence electrons. The second-order valence-corrected chi connectivity index (χ2v) is 5.82. The number of carbonyl (C=O) groups excluding carboxylic acids is 2. The first-order chi connectivity index (χ1) is 12.4. The van der Waals surface area contributed by atoms with Crippen LogP contribution in [0.25, 0.3) is 0 Å². The van der Waals surface area contributed by atoms with E-state index in [-0.39, 0.29) is 13.2 Å². The Morgan fingerprint density at radius 1 is 1.08 bits per heavy atom. The molecule has 0 radical (unpaired) electrons. The Hall–Kier alpha value is -2.77. The Morgan fingerprint density at radius 3 is 2.46 bits per heavy atom. The number of primary amides is 1. The summed E-state index contributed by atoms with van der Waals surface area (Å²) < 4.78 is 10.4. The largest absolute Gasteiger partial charge is 0.484 e. The second kappa shape index (κ2) is 9.65. The summed E-state index contributed by atoms with van der Waals surface area (Å²) in [6, 6.07) is 11.4. The molecule has 3 N–H and O–H groups in total. The van der Waals surface area contributed by atoms with Gasteiger partial charge in [0.15, 0.2) is 13.2 Å². The molecule has 26 heavy (non-hydrogen) atoms. The lowest BCUT2D eigenvalue weighted by atomic mass is 10.2. The van der Waals surface area contributed by atoms with Gasteiger partial charge in [-0.25, -0.2) is 5.43 Å². The number of carbonyl (C=O) groups is 2. The minimum atomic E-state index is -0.555. The second-order valence-electron chi connectivity index (χ2n) is 4.98. The number of nitrogens with two attached hydrogens (primary N) is 1. The zero-order valence-electron chi connectivity index (χ0n) is 13.4. The van der Waals surface area contributed by atoms with E-state index < -0.39 is 11.8 Å². The Balaban J connectivity index is 1.78. The number of halogens is 2. The Bertz CT molecular complexity index is 810. The SMILES string of the molecule is NC(=O)COc1ccc(C=NNC(=O)COc2ccc(Cl)cc2Cl)cc1. The summed E-state index contributed by atoms with van der Waals surface area (Å²) in [6.07, 6.45) is 1.45. The van der Waals surface area contributed by atoms with Crippen LogP contribution in [0.1, 0.15) is 5.56 Å². The van der Waals surface area contributed by atoms with Crippen LogP contribution in [0.5, 0.6) is 11.5 Å². The number of rotatable bonds is 8. The van der Waals surface area contributed by atoms with Gasteiger partial charge in [0.25, 0.3) is 11.8 Å². The van der Waals surface area contributed by atoms with Crippen LogP contribution in [0.3, 0.4) is 0 Å². The normalized spacial score (nSPS) is 10.5. The number of nitrogens with zero attached hydrogens (tertiary/aromatic N) is 1. The van der Waals surface area contributed by atoms with Gasteiger partial charge in [0.1, 0.15) is 11.5 Å². The number of benzene rings is 2. The Kier molecular flexibility index (Phi) is 7.25. The molecule has 2 aromatic carbocycles. The number of hydrazone groups is 1. The van der Waals surface area contributed by atoms with Crippen molar-refractivity contribution in [3.63, 3.8) is 0 Å². The fourth-order valence-corrected chi connectivity index (χ4v) is 2.21. The van der Waals surface area contributed by atoms with E-state index in [0.717, 1.165) is 5.56 Å². The highest BCUT2D eigenvalue weighted by Gasteiger charge is 2.05. The topological polar surface area (TPSA) is 103 Å². The number of nitrogens with one attached hydrogen (secondary N) is 1. The van der Waals surface area contributed by atoms with Gasteiger partial charge in [-0.2, -0.15) is 5.10 Å². The lowest BCUT2D eigenvalue weighted by molar-refractivity contribution is -0.123. The molecule has 0 bridgehead atoms. The van der Waals surface area contributed by atoms with Crippen LogP contribution in [0, 0.1) is 0 Å². The molecule has 0 heterocycles. The summed E-state index contributed by atoms with van der Waals surface area (Å²) in [7, 11) is 0. The van der Waals surface area contributed by atoms with Gasteiger partial charge in [-0.1, -0.05) is 23.2 Å². The Labute approximate surface area is 159 Å². The average Bonchev–Trinajstić information content (AvgIpc) is 2.60. The molecule has 0 saturated heterocycles. The minimum Gasteiger partial charge on any atom is -0.484 e. The zero-order chi connectivity index (χ0) is 18.9. The van der Waals surface area contributed by atoms with Crippen LogP contribution < -0.4 is 20.6 Å². The predicted molar refractivity (Wildman–Crippen MR) is 98.8 cm³/mol. The molecule has 0 atom stereocenters. The van der Waals surface area contributed by atoms with Crippen LogP contribution >= 0.6 is 23.2 Å². The molecule has 0 aliphatic heterocycles. The minimum absolute atomic E-state index is 0.193. The Morgan fingerprint density at radius 2 is 1.81 bits per heavy atom. The number of hydrogen-bond donors (Lipinski definition) is 2. The van der Waals surface area contributed by atoms with Crippen molar-refractivity contribution in [2.45, 2.75) is 0 Å². The molecule has 2 amide bonds. The van der Waals surface area contributed by atoms with Crippen LogP contribution in [-0.2, 0) is 9.59 Å². The molecule has 2 rings (SSSR count). The van der Waals surface area contributed by atoms with E-state index >= 15 is 0 Å². The quantitative estimate of drug-likeness (QED) is 0.528. The molecule has 0 spiro atoms. The van der Waals surface area contributed by atoms with Crippen LogP contribution in [0.4, 0.5) is 0 Å². The van der Waals surface area contributed by atoms with Gasteiger partial charge in [0.2, 0.25) is 0 Å². The average molecular weight is 396 g/mol. The van der Waals surface area contributed by atoms with E-state index in [1.165, 1.54) is 12.3 Å². The summed E-state index contributed by atoms with van der Waals surface area (Å²) >= 11 is 11.7. The third-order valence-corrected chi connectivity index (χ3v) is 3.45. The number of ether oxygens (including phenoxy) is 2. The van der Waals surface area contributed by atoms with Crippen molar-refractivity contribution in [1.29, 1.82) is 0 Å². The fourth-order valence-electron chi connectivity index (χ4n) is 1.75. The van der Waals surface area contributed by atoms with Crippen molar-refractivity contribution in [2.24, 2.45) is 10.8 Å². The number of amides is 2. The van der Waals surface area contributed by atoms with E-state index in [1.807, 2.05) is 0 Å². The first-order valence-corrected chi connectivity index (χ1v) is 8.10. The molecule has 0 saturated carbocycles. The first-order valence-electron chi connectivity index (χ1n) is 7.35. The van der Waals surface area contributed by atoms with Crippen molar-refractivity contribution in [3.8, 4) is 11.5 Å². The fraction of sp³-hybridized carbons (Fsp3) is 0.118. The van der Waals surface area contributed by atoms with E-state index in [0.29, 0.717) is 21.5 Å². The van der Waals surface area contributed by atoms with E-state index in [4.69, 9.17) is 38.4 Å². The van der Waals surface area contributed by atoms with Crippen molar-refractivity contribution in [2.75, 3.05) is 13.2 Å². The molecule has 0 aromatic heterocycles.